The molecule has 6 heteroatoms. The predicted molar refractivity (Wildman–Crippen MR) is 89.1 cm³/mol. The summed E-state index contributed by atoms with van der Waals surface area (Å²) in [5.41, 5.74) is 0.572. The van der Waals surface area contributed by atoms with Crippen molar-refractivity contribution in [1.29, 1.82) is 0 Å². The molecule has 0 aliphatic rings. The van der Waals surface area contributed by atoms with Crippen LogP contribution in [0.3, 0.4) is 0 Å². The average Bonchev–Trinajstić information content (AvgIpc) is 2.61. The molecule has 0 aliphatic carbocycles. The van der Waals surface area contributed by atoms with Crippen LogP contribution in [0.15, 0.2) is 54.6 Å². The lowest BCUT2D eigenvalue weighted by Gasteiger charge is -2.08. The molecule has 0 unspecified atom stereocenters. The summed E-state index contributed by atoms with van der Waals surface area (Å²) in [4.78, 5) is 23.3. The maximum Gasteiger partial charge on any atom is 0.309 e. The van der Waals surface area contributed by atoms with Gasteiger partial charge in [0.1, 0.15) is 11.5 Å². The number of hydrogen-bond donors (Lipinski definition) is 1. The van der Waals surface area contributed by atoms with E-state index >= 15 is 0 Å². The molecule has 2 rings (SSSR count). The second-order valence-electron chi connectivity index (χ2n) is 4.85. The Hall–Kier alpha value is -3.02. The molecule has 2 aromatic rings. The van der Waals surface area contributed by atoms with E-state index in [4.69, 9.17) is 14.2 Å². The summed E-state index contributed by atoms with van der Waals surface area (Å²) in [5.74, 6) is 0.399. The van der Waals surface area contributed by atoms with Crippen LogP contribution in [0.4, 0.5) is 5.69 Å². The van der Waals surface area contributed by atoms with Gasteiger partial charge in [0.2, 0.25) is 0 Å². The average molecular weight is 329 g/mol. The Morgan fingerprint density at radius 2 is 1.75 bits per heavy atom. The lowest BCUT2D eigenvalue weighted by Crippen LogP contribution is -2.21. The van der Waals surface area contributed by atoms with Crippen LogP contribution in [-0.4, -0.2) is 32.2 Å². The van der Waals surface area contributed by atoms with Crippen LogP contribution in [0.1, 0.15) is 6.42 Å². The molecule has 1 amide bonds. The zero-order valence-corrected chi connectivity index (χ0v) is 13.4. The summed E-state index contributed by atoms with van der Waals surface area (Å²) >= 11 is 0. The fraction of sp³-hybridized carbons (Fsp3) is 0.222. The van der Waals surface area contributed by atoms with Crippen LogP contribution in [0.25, 0.3) is 0 Å². The van der Waals surface area contributed by atoms with E-state index < -0.39 is 11.9 Å². The Morgan fingerprint density at radius 1 is 1.00 bits per heavy atom. The molecule has 0 aliphatic heterocycles. The van der Waals surface area contributed by atoms with Crippen molar-refractivity contribution < 1.29 is 23.8 Å². The number of para-hydroxylation sites is 1. The summed E-state index contributed by atoms with van der Waals surface area (Å²) in [7, 11) is 1.54. The number of amides is 1. The van der Waals surface area contributed by atoms with Crippen LogP contribution < -0.4 is 14.8 Å². The number of carbonyl (C=O) groups excluding carboxylic acids is 2. The highest BCUT2D eigenvalue weighted by Crippen LogP contribution is 2.16. The number of esters is 1. The highest BCUT2D eigenvalue weighted by atomic mass is 16.5. The normalized spacial score (nSPS) is 9.88. The van der Waals surface area contributed by atoms with E-state index in [1.54, 1.807) is 43.5 Å². The maximum absolute atomic E-state index is 11.8. The van der Waals surface area contributed by atoms with Crippen LogP contribution in [0, 0.1) is 0 Å². The topological polar surface area (TPSA) is 73.9 Å². The number of hydrogen-bond acceptors (Lipinski definition) is 5. The van der Waals surface area contributed by atoms with Crippen LogP contribution >= 0.6 is 0 Å². The van der Waals surface area contributed by atoms with Gasteiger partial charge in [0.15, 0.2) is 6.61 Å². The molecule has 1 N–H and O–H groups in total. The van der Waals surface area contributed by atoms with Crippen molar-refractivity contribution in [2.75, 3.05) is 25.6 Å². The van der Waals surface area contributed by atoms with Gasteiger partial charge in [-0.15, -0.1) is 0 Å². The van der Waals surface area contributed by atoms with E-state index in [0.29, 0.717) is 17.2 Å². The minimum absolute atomic E-state index is 0.0708. The van der Waals surface area contributed by atoms with E-state index in [-0.39, 0.29) is 19.6 Å². The van der Waals surface area contributed by atoms with Crippen molar-refractivity contribution in [3.05, 3.63) is 54.6 Å². The van der Waals surface area contributed by atoms with E-state index in [9.17, 15) is 9.59 Å². The van der Waals surface area contributed by atoms with Crippen LogP contribution in [0.2, 0.25) is 0 Å². The van der Waals surface area contributed by atoms with Gasteiger partial charge in [-0.2, -0.15) is 0 Å². The highest BCUT2D eigenvalue weighted by molar-refractivity contribution is 5.92. The number of rotatable bonds is 8. The summed E-state index contributed by atoms with van der Waals surface area (Å²) < 4.78 is 15.4. The first-order valence-corrected chi connectivity index (χ1v) is 7.45. The minimum Gasteiger partial charge on any atom is -0.497 e. The largest absolute Gasteiger partial charge is 0.497 e. The molecule has 0 saturated heterocycles. The smallest absolute Gasteiger partial charge is 0.309 e. The third-order valence-electron chi connectivity index (χ3n) is 3.04. The lowest BCUT2D eigenvalue weighted by molar-refractivity contribution is -0.147. The van der Waals surface area contributed by atoms with Gasteiger partial charge in [-0.05, 0) is 24.3 Å². The van der Waals surface area contributed by atoms with Crippen molar-refractivity contribution in [2.24, 2.45) is 0 Å². The van der Waals surface area contributed by atoms with E-state index in [0.717, 1.165) is 0 Å². The number of methoxy groups -OCH3 is 1. The Balaban J connectivity index is 1.66. The van der Waals surface area contributed by atoms with Crippen molar-refractivity contribution >= 4 is 17.6 Å². The Bertz CT molecular complexity index is 672. The van der Waals surface area contributed by atoms with Crippen molar-refractivity contribution in [3.63, 3.8) is 0 Å². The van der Waals surface area contributed by atoms with Crippen molar-refractivity contribution in [1.82, 2.24) is 0 Å². The first-order chi connectivity index (χ1) is 11.7. The van der Waals surface area contributed by atoms with E-state index in [1.165, 1.54) is 0 Å². The number of nitrogens with one attached hydrogen (secondary N) is 1. The van der Waals surface area contributed by atoms with Crippen LogP contribution in [0.5, 0.6) is 11.5 Å². The summed E-state index contributed by atoms with van der Waals surface area (Å²) in [6, 6.07) is 16.1. The first-order valence-electron chi connectivity index (χ1n) is 7.45. The molecule has 2 aromatic carbocycles. The third-order valence-corrected chi connectivity index (χ3v) is 3.04. The zero-order chi connectivity index (χ0) is 17.2. The summed E-state index contributed by atoms with van der Waals surface area (Å²) in [6.07, 6.45) is 0.0708. The predicted octanol–water partition coefficient (Wildman–Crippen LogP) is 2.65. The summed E-state index contributed by atoms with van der Waals surface area (Å²) in [5, 5.41) is 2.63. The molecule has 0 heterocycles. The Kier molecular flexibility index (Phi) is 6.64. The van der Waals surface area contributed by atoms with Crippen molar-refractivity contribution in [3.8, 4) is 11.5 Å². The molecule has 6 nitrogen and oxygen atoms in total. The standard InChI is InChI=1S/C18H19NO5/c1-22-16-9-5-6-14(12-16)19-17(20)13-24-18(21)10-11-23-15-7-3-2-4-8-15/h2-9,12H,10-11,13H2,1H3,(H,19,20). The van der Waals surface area contributed by atoms with Gasteiger partial charge >= 0.3 is 5.97 Å². The second-order valence-corrected chi connectivity index (χ2v) is 4.85. The highest BCUT2D eigenvalue weighted by Gasteiger charge is 2.08. The molecule has 0 spiro atoms. The molecular weight excluding hydrogens is 310 g/mol. The molecular formula is C18H19NO5. The van der Waals surface area contributed by atoms with Gasteiger partial charge in [0.05, 0.1) is 20.1 Å². The maximum atomic E-state index is 11.8. The molecule has 0 saturated carbocycles. The molecule has 0 bridgehead atoms. The number of carbonyl (C=O) groups is 2. The first kappa shape index (κ1) is 17.3. The fourth-order valence-corrected chi connectivity index (χ4v) is 1.89. The number of anilines is 1. The third kappa shape index (κ3) is 6.00. The van der Waals surface area contributed by atoms with Gasteiger partial charge in [0.25, 0.3) is 5.91 Å². The fourth-order valence-electron chi connectivity index (χ4n) is 1.89. The van der Waals surface area contributed by atoms with E-state index in [1.807, 2.05) is 18.2 Å². The van der Waals surface area contributed by atoms with Crippen LogP contribution in [-0.2, 0) is 14.3 Å². The molecule has 0 aromatic heterocycles. The molecule has 0 radical (unpaired) electrons. The number of benzene rings is 2. The quantitative estimate of drug-likeness (QED) is 0.754. The minimum atomic E-state index is -0.494. The Morgan fingerprint density at radius 3 is 2.50 bits per heavy atom. The van der Waals surface area contributed by atoms with Gasteiger partial charge in [-0.1, -0.05) is 24.3 Å². The second kappa shape index (κ2) is 9.19. The number of ether oxygens (including phenoxy) is 3. The monoisotopic (exact) mass is 329 g/mol. The van der Waals surface area contributed by atoms with E-state index in [2.05, 4.69) is 5.32 Å². The molecule has 24 heavy (non-hydrogen) atoms. The molecule has 0 fully saturated rings. The molecule has 0 atom stereocenters. The van der Waals surface area contributed by atoms with Gasteiger partial charge in [-0.25, -0.2) is 0 Å². The summed E-state index contributed by atoms with van der Waals surface area (Å²) in [6.45, 7) is -0.151. The lowest BCUT2D eigenvalue weighted by atomic mass is 10.3. The SMILES string of the molecule is COc1cccc(NC(=O)COC(=O)CCOc2ccccc2)c1. The van der Waals surface area contributed by atoms with Gasteiger partial charge in [0, 0.05) is 11.8 Å². The van der Waals surface area contributed by atoms with Gasteiger partial charge in [-0.3, -0.25) is 9.59 Å². The zero-order valence-electron chi connectivity index (χ0n) is 13.4. The Labute approximate surface area is 140 Å². The molecule has 126 valence electrons. The van der Waals surface area contributed by atoms with Gasteiger partial charge < -0.3 is 19.5 Å². The van der Waals surface area contributed by atoms with Crippen molar-refractivity contribution in [2.45, 2.75) is 6.42 Å².